The largest absolute Gasteiger partial charge is 0.426 e. The van der Waals surface area contributed by atoms with Crippen LogP contribution in [0.1, 0.15) is 17.3 Å². The average Bonchev–Trinajstić information content (AvgIpc) is 2.53. The van der Waals surface area contributed by atoms with Crippen LogP contribution in [0.3, 0.4) is 0 Å². The van der Waals surface area contributed by atoms with E-state index in [4.69, 9.17) is 16.5 Å². The number of para-hydroxylation sites is 1. The van der Waals surface area contributed by atoms with Gasteiger partial charge in [-0.3, -0.25) is 19.7 Å². The second-order valence-corrected chi connectivity index (χ2v) is 4.79. The lowest BCUT2D eigenvalue weighted by Gasteiger charge is -2.15. The van der Waals surface area contributed by atoms with Gasteiger partial charge in [0.1, 0.15) is 5.75 Å². The molecule has 8 heteroatoms. The summed E-state index contributed by atoms with van der Waals surface area (Å²) >= 11 is 6.00. The number of nitro benzene ring substituents is 1. The van der Waals surface area contributed by atoms with Crippen molar-refractivity contribution in [1.82, 2.24) is 0 Å². The van der Waals surface area contributed by atoms with Crippen molar-refractivity contribution >= 4 is 35.0 Å². The lowest BCUT2D eigenvalue weighted by molar-refractivity contribution is -0.384. The van der Waals surface area contributed by atoms with Crippen molar-refractivity contribution < 1.29 is 19.2 Å². The lowest BCUT2D eigenvalue weighted by atomic mass is 10.1. The van der Waals surface area contributed by atoms with Gasteiger partial charge in [0, 0.05) is 30.8 Å². The molecular formula is C15H11ClN2O5. The van der Waals surface area contributed by atoms with E-state index in [0.29, 0.717) is 0 Å². The number of halogens is 1. The summed E-state index contributed by atoms with van der Waals surface area (Å²) in [5.41, 5.74) is -0.0121. The van der Waals surface area contributed by atoms with Crippen LogP contribution < -0.4 is 9.16 Å². The Morgan fingerprint density at radius 1 is 1.17 bits per heavy atom. The highest BCUT2D eigenvalue weighted by molar-refractivity contribution is 6.39. The van der Waals surface area contributed by atoms with Gasteiger partial charge in [-0.05, 0) is 18.2 Å². The molecule has 0 bridgehead atoms. The van der Waals surface area contributed by atoms with Crippen LogP contribution in [-0.4, -0.2) is 16.8 Å². The average molecular weight is 335 g/mol. The molecule has 2 aromatic carbocycles. The molecule has 1 amide bonds. The number of benzene rings is 2. The molecule has 0 fully saturated rings. The number of non-ortho nitro benzene ring substituents is 1. The number of nitro groups is 1. The minimum atomic E-state index is -0.677. The van der Waals surface area contributed by atoms with Gasteiger partial charge in [-0.25, -0.2) is 4.42 Å². The van der Waals surface area contributed by atoms with E-state index >= 15 is 0 Å². The van der Waals surface area contributed by atoms with E-state index in [1.165, 1.54) is 43.3 Å². The molecular weight excluding hydrogens is 324 g/mol. The highest BCUT2D eigenvalue weighted by atomic mass is 35.5. The number of anilines is 1. The fraction of sp³-hybridized carbons (Fsp3) is 0.0667. The third-order valence-corrected chi connectivity index (χ3v) is 3.17. The number of rotatable bonds is 4. The maximum atomic E-state index is 12.5. The van der Waals surface area contributed by atoms with Crippen molar-refractivity contribution in [3.05, 3.63) is 64.2 Å². The summed E-state index contributed by atoms with van der Waals surface area (Å²) in [6.07, 6.45) is 0. The maximum Gasteiger partial charge on any atom is 0.308 e. The summed E-state index contributed by atoms with van der Waals surface area (Å²) in [7, 11) is 0. The molecule has 2 aromatic rings. The summed E-state index contributed by atoms with van der Waals surface area (Å²) in [6.45, 7) is 1.21. The van der Waals surface area contributed by atoms with E-state index in [2.05, 4.69) is 0 Å². The molecule has 0 aliphatic rings. The number of esters is 1. The van der Waals surface area contributed by atoms with Crippen LogP contribution in [0.2, 0.25) is 0 Å². The van der Waals surface area contributed by atoms with Gasteiger partial charge < -0.3 is 4.74 Å². The quantitative estimate of drug-likeness (QED) is 0.281. The molecule has 0 spiro atoms. The summed E-state index contributed by atoms with van der Waals surface area (Å²) in [5.74, 6) is -1.20. The van der Waals surface area contributed by atoms with Crippen molar-refractivity contribution in [2.45, 2.75) is 6.92 Å². The lowest BCUT2D eigenvalue weighted by Crippen LogP contribution is -2.22. The first kappa shape index (κ1) is 16.4. The third kappa shape index (κ3) is 3.83. The van der Waals surface area contributed by atoms with Gasteiger partial charge in [0.15, 0.2) is 0 Å². The molecule has 0 heterocycles. The van der Waals surface area contributed by atoms with Crippen LogP contribution in [0.25, 0.3) is 0 Å². The van der Waals surface area contributed by atoms with E-state index in [1.807, 2.05) is 0 Å². The van der Waals surface area contributed by atoms with E-state index in [1.54, 1.807) is 12.1 Å². The Labute approximate surface area is 136 Å². The van der Waals surface area contributed by atoms with E-state index in [-0.39, 0.29) is 22.7 Å². The second-order valence-electron chi connectivity index (χ2n) is 4.45. The SMILES string of the molecule is CC(=O)Oc1ccccc1C(=O)N(Cl)c1cccc([N+](=O)[O-])c1. The third-order valence-electron chi connectivity index (χ3n) is 2.82. The van der Waals surface area contributed by atoms with Crippen molar-refractivity contribution in [2.24, 2.45) is 0 Å². The second kappa shape index (κ2) is 6.89. The highest BCUT2D eigenvalue weighted by Gasteiger charge is 2.21. The zero-order valence-corrected chi connectivity index (χ0v) is 12.7. The molecule has 0 unspecified atom stereocenters. The summed E-state index contributed by atoms with van der Waals surface area (Å²) in [6, 6.07) is 11.4. The molecule has 0 N–H and O–H groups in total. The van der Waals surface area contributed by atoms with E-state index in [0.717, 1.165) is 4.42 Å². The first-order chi connectivity index (χ1) is 10.9. The van der Waals surface area contributed by atoms with E-state index in [9.17, 15) is 19.7 Å². The Bertz CT molecular complexity index is 778. The van der Waals surface area contributed by atoms with Crippen molar-refractivity contribution in [1.29, 1.82) is 0 Å². The number of ether oxygens (including phenoxy) is 1. The monoisotopic (exact) mass is 334 g/mol. The van der Waals surface area contributed by atoms with Crippen LogP contribution in [0.5, 0.6) is 5.75 Å². The Kier molecular flexibility index (Phi) is 4.92. The zero-order valence-electron chi connectivity index (χ0n) is 11.9. The minimum Gasteiger partial charge on any atom is -0.426 e. The number of hydrogen-bond acceptors (Lipinski definition) is 5. The fourth-order valence-electron chi connectivity index (χ4n) is 1.84. The van der Waals surface area contributed by atoms with Crippen molar-refractivity contribution in [2.75, 3.05) is 4.42 Å². The number of nitrogens with zero attached hydrogens (tertiary/aromatic N) is 2. The first-order valence-corrected chi connectivity index (χ1v) is 6.76. The zero-order chi connectivity index (χ0) is 17.0. The highest BCUT2D eigenvalue weighted by Crippen LogP contribution is 2.27. The van der Waals surface area contributed by atoms with Gasteiger partial charge >= 0.3 is 5.97 Å². The van der Waals surface area contributed by atoms with Gasteiger partial charge in [0.2, 0.25) is 0 Å². The van der Waals surface area contributed by atoms with Crippen LogP contribution in [0.4, 0.5) is 11.4 Å². The number of carbonyl (C=O) groups is 2. The first-order valence-electron chi connectivity index (χ1n) is 6.42. The van der Waals surface area contributed by atoms with Gasteiger partial charge in [-0.2, -0.15) is 0 Å². The van der Waals surface area contributed by atoms with Gasteiger partial charge in [-0.15, -0.1) is 0 Å². The molecule has 23 heavy (non-hydrogen) atoms. The standard InChI is InChI=1S/C15H11ClN2O5/c1-10(19)23-14-8-3-2-7-13(14)15(20)17(16)11-5-4-6-12(9-11)18(21)22/h2-9H,1H3. The van der Waals surface area contributed by atoms with Crippen LogP contribution in [0, 0.1) is 10.1 Å². The summed E-state index contributed by atoms with van der Waals surface area (Å²) < 4.78 is 5.69. The minimum absolute atomic E-state index is 0.0566. The Hall–Kier alpha value is -2.93. The summed E-state index contributed by atoms with van der Waals surface area (Å²) in [5, 5.41) is 10.8. The maximum absolute atomic E-state index is 12.5. The molecule has 0 aromatic heterocycles. The number of amides is 1. The Balaban J connectivity index is 2.35. The Morgan fingerprint density at radius 2 is 1.87 bits per heavy atom. The molecule has 0 aliphatic heterocycles. The Morgan fingerprint density at radius 3 is 2.52 bits per heavy atom. The predicted molar refractivity (Wildman–Crippen MR) is 83.5 cm³/mol. The molecule has 0 atom stereocenters. The molecule has 0 aliphatic carbocycles. The van der Waals surface area contributed by atoms with Crippen LogP contribution in [-0.2, 0) is 4.79 Å². The summed E-state index contributed by atoms with van der Waals surface area (Å²) in [4.78, 5) is 33.8. The van der Waals surface area contributed by atoms with Crippen LogP contribution in [0.15, 0.2) is 48.5 Å². The molecule has 0 radical (unpaired) electrons. The number of carbonyl (C=O) groups excluding carboxylic acids is 2. The topological polar surface area (TPSA) is 89.8 Å². The number of hydrogen-bond donors (Lipinski definition) is 0. The molecule has 118 valence electrons. The normalized spacial score (nSPS) is 10.0. The predicted octanol–water partition coefficient (Wildman–Crippen LogP) is 3.32. The van der Waals surface area contributed by atoms with Crippen molar-refractivity contribution in [3.63, 3.8) is 0 Å². The molecule has 2 rings (SSSR count). The van der Waals surface area contributed by atoms with Gasteiger partial charge in [-0.1, -0.05) is 18.2 Å². The smallest absolute Gasteiger partial charge is 0.308 e. The molecule has 0 saturated carbocycles. The molecule has 0 saturated heterocycles. The fourth-order valence-corrected chi connectivity index (χ4v) is 2.04. The molecule has 7 nitrogen and oxygen atoms in total. The van der Waals surface area contributed by atoms with E-state index < -0.39 is 16.8 Å². The van der Waals surface area contributed by atoms with Crippen molar-refractivity contribution in [3.8, 4) is 5.75 Å². The van der Waals surface area contributed by atoms with Gasteiger partial charge in [0.25, 0.3) is 11.6 Å². The van der Waals surface area contributed by atoms with Gasteiger partial charge in [0.05, 0.1) is 16.2 Å². The van der Waals surface area contributed by atoms with Crippen LogP contribution >= 0.6 is 11.8 Å².